The maximum absolute atomic E-state index is 14.6. The van der Waals surface area contributed by atoms with Crippen molar-refractivity contribution < 1.29 is 39.2 Å². The summed E-state index contributed by atoms with van der Waals surface area (Å²) in [4.78, 5) is 63.3. The summed E-state index contributed by atoms with van der Waals surface area (Å²) in [6.07, 6.45) is -2.30. The summed E-state index contributed by atoms with van der Waals surface area (Å²) in [5, 5.41) is 37.1. The molecule has 4 atom stereocenters. The number of nitrogens with zero attached hydrogens (tertiary/aromatic N) is 5. The lowest BCUT2D eigenvalue weighted by Crippen LogP contribution is -2.61. The van der Waals surface area contributed by atoms with E-state index >= 15 is 0 Å². The average Bonchev–Trinajstić information content (AvgIpc) is 3.48. The first kappa shape index (κ1) is 46.4. The minimum atomic E-state index is -1.27. The van der Waals surface area contributed by atoms with Crippen LogP contribution in [0.3, 0.4) is 0 Å². The van der Waals surface area contributed by atoms with Crippen molar-refractivity contribution in [2.24, 2.45) is 10.8 Å². The van der Waals surface area contributed by atoms with Crippen molar-refractivity contribution >= 4 is 23.9 Å². The Balaban J connectivity index is 1.63. The summed E-state index contributed by atoms with van der Waals surface area (Å²) < 4.78 is 5.32. The van der Waals surface area contributed by atoms with Gasteiger partial charge in [0, 0.05) is 33.2 Å². The topological polar surface area (TPSA) is 188 Å². The molecule has 0 spiro atoms. The molecule has 0 radical (unpaired) electrons. The van der Waals surface area contributed by atoms with Crippen molar-refractivity contribution in [2.75, 3.05) is 33.8 Å². The smallest absolute Gasteiger partial charge is 0.407 e. The molecule has 5 amide bonds. The summed E-state index contributed by atoms with van der Waals surface area (Å²) in [6, 6.07) is 18.7. The van der Waals surface area contributed by atoms with E-state index in [9.17, 15) is 34.5 Å². The van der Waals surface area contributed by atoms with Gasteiger partial charge in [-0.1, -0.05) is 90.1 Å². The first-order valence-electron chi connectivity index (χ1n) is 19.9. The zero-order chi connectivity index (χ0) is 43.9. The molecule has 0 saturated carbocycles. The quantitative estimate of drug-likeness (QED) is 0.120. The number of aliphatic hydroxyl groups excluding tert-OH is 1. The highest BCUT2D eigenvalue weighted by molar-refractivity contribution is 5.89. The van der Waals surface area contributed by atoms with Crippen LogP contribution in [0.5, 0.6) is 5.75 Å². The van der Waals surface area contributed by atoms with Crippen molar-refractivity contribution in [3.05, 3.63) is 95.3 Å². The number of rotatable bonds is 17. The van der Waals surface area contributed by atoms with Crippen LogP contribution < -0.4 is 15.5 Å². The van der Waals surface area contributed by atoms with Crippen molar-refractivity contribution in [2.45, 2.75) is 105 Å². The molecular formula is C44H63N7O8. The SMILES string of the molecule is COc1ccc(CN(CC(O)C(Cc2ccccc2)NC(=O)C(N2CCN(Cc3cccc(C(C)(C)O)n3)C2=O)C(C)(C)C)NC(=O)C(N(C)C(=O)O)C(C)(C)C)cc1. The molecule has 4 rings (SSSR count). The molecule has 2 heterocycles. The molecule has 1 aromatic heterocycles. The number of amides is 5. The molecule has 15 heteroatoms. The van der Waals surface area contributed by atoms with E-state index in [-0.39, 0.29) is 38.6 Å². The second-order valence-electron chi connectivity index (χ2n) is 18.0. The normalized spacial score (nSPS) is 15.7. The number of carbonyl (C=O) groups excluding carboxylic acids is 3. The lowest BCUT2D eigenvalue weighted by molar-refractivity contribution is -0.136. The molecular weight excluding hydrogens is 755 g/mol. The molecule has 1 aliphatic heterocycles. The minimum absolute atomic E-state index is 0.128. The van der Waals surface area contributed by atoms with E-state index in [1.807, 2.05) is 63.2 Å². The van der Waals surface area contributed by atoms with Crippen LogP contribution in [-0.2, 0) is 34.7 Å². The summed E-state index contributed by atoms with van der Waals surface area (Å²) in [5.41, 5.74) is 2.93. The number of carboxylic acid groups (broad SMARTS) is 1. The van der Waals surface area contributed by atoms with Crippen molar-refractivity contribution in [3.63, 3.8) is 0 Å². The third-order valence-electron chi connectivity index (χ3n) is 10.4. The van der Waals surface area contributed by atoms with Gasteiger partial charge >= 0.3 is 12.1 Å². The Kier molecular flexibility index (Phi) is 15.1. The standard InChI is InChI=1S/C44H63N7O8/c1-42(2,3)36(48(9)41(56)57)39(54)47-50(26-30-19-21-32(59-10)22-20-30)28-34(52)33(25-29-15-12-11-13-16-29)46-38(53)37(43(4,5)6)51-24-23-49(40(51)55)27-31-17-14-18-35(45-31)44(7,8)58/h11-22,33-34,36-37,52,58H,23-28H2,1-10H3,(H,46,53)(H,47,54)(H,56,57). The molecule has 1 fully saturated rings. The number of pyridine rings is 1. The van der Waals surface area contributed by atoms with E-state index in [0.29, 0.717) is 23.7 Å². The van der Waals surface area contributed by atoms with Gasteiger partial charge in [-0.15, -0.1) is 0 Å². The van der Waals surface area contributed by atoms with Gasteiger partial charge in [0.2, 0.25) is 5.91 Å². The molecule has 59 heavy (non-hydrogen) atoms. The van der Waals surface area contributed by atoms with Crippen LogP contribution in [0.15, 0.2) is 72.8 Å². The van der Waals surface area contributed by atoms with Crippen molar-refractivity contribution in [3.8, 4) is 5.75 Å². The van der Waals surface area contributed by atoms with Crippen LogP contribution >= 0.6 is 0 Å². The minimum Gasteiger partial charge on any atom is -0.497 e. The van der Waals surface area contributed by atoms with Crippen LogP contribution in [0.4, 0.5) is 9.59 Å². The fourth-order valence-corrected chi connectivity index (χ4v) is 7.44. The molecule has 1 saturated heterocycles. The summed E-state index contributed by atoms with van der Waals surface area (Å²) >= 11 is 0. The number of likely N-dealkylation sites (N-methyl/N-ethyl adjacent to an activating group) is 1. The van der Waals surface area contributed by atoms with Crippen LogP contribution in [0.2, 0.25) is 0 Å². The summed E-state index contributed by atoms with van der Waals surface area (Å²) in [7, 11) is 2.90. The maximum Gasteiger partial charge on any atom is 0.407 e. The number of nitrogens with one attached hydrogen (secondary N) is 2. The molecule has 5 N–H and O–H groups in total. The Hall–Kier alpha value is -5.25. The van der Waals surface area contributed by atoms with E-state index in [1.54, 1.807) is 81.9 Å². The van der Waals surface area contributed by atoms with Gasteiger partial charge in [-0.25, -0.2) is 14.6 Å². The van der Waals surface area contributed by atoms with Gasteiger partial charge in [-0.2, -0.15) is 0 Å². The highest BCUT2D eigenvalue weighted by Gasteiger charge is 2.45. The van der Waals surface area contributed by atoms with Gasteiger partial charge in [0.05, 0.1) is 37.2 Å². The number of aromatic nitrogens is 1. The number of methoxy groups -OCH3 is 1. The largest absolute Gasteiger partial charge is 0.497 e. The number of carbonyl (C=O) groups is 4. The molecule has 2 aromatic carbocycles. The van der Waals surface area contributed by atoms with Crippen LogP contribution in [0, 0.1) is 10.8 Å². The number of aliphatic hydroxyl groups is 2. The highest BCUT2D eigenvalue weighted by Crippen LogP contribution is 2.30. The molecule has 0 bridgehead atoms. The number of benzene rings is 2. The first-order chi connectivity index (χ1) is 27.5. The van der Waals surface area contributed by atoms with Crippen molar-refractivity contribution in [1.29, 1.82) is 0 Å². The van der Waals surface area contributed by atoms with E-state index in [1.165, 1.54) is 12.1 Å². The lowest BCUT2D eigenvalue weighted by Gasteiger charge is -2.39. The van der Waals surface area contributed by atoms with Gasteiger partial charge in [0.1, 0.15) is 23.4 Å². The number of hydrogen-bond donors (Lipinski definition) is 5. The van der Waals surface area contributed by atoms with Gasteiger partial charge in [-0.05, 0) is 66.5 Å². The Morgan fingerprint density at radius 3 is 2.07 bits per heavy atom. The molecule has 1 aliphatic rings. The number of hydrogen-bond acceptors (Lipinski definition) is 9. The molecule has 0 aliphatic carbocycles. The van der Waals surface area contributed by atoms with Gasteiger partial charge in [0.15, 0.2) is 0 Å². The summed E-state index contributed by atoms with van der Waals surface area (Å²) in [5.74, 6) is -0.398. The second kappa shape index (κ2) is 19.2. The van der Waals surface area contributed by atoms with Crippen LogP contribution in [0.1, 0.15) is 77.9 Å². The fraction of sp³-hybridized carbons (Fsp3) is 0.523. The predicted molar refractivity (Wildman–Crippen MR) is 224 cm³/mol. The Morgan fingerprint density at radius 1 is 0.864 bits per heavy atom. The number of ether oxygens (including phenoxy) is 1. The zero-order valence-corrected chi connectivity index (χ0v) is 36.1. The molecule has 3 aromatic rings. The third kappa shape index (κ3) is 12.6. The number of hydrazine groups is 1. The van der Waals surface area contributed by atoms with E-state index in [0.717, 1.165) is 16.0 Å². The number of urea groups is 1. The molecule has 4 unspecified atom stereocenters. The van der Waals surface area contributed by atoms with Gasteiger partial charge in [0.25, 0.3) is 5.91 Å². The predicted octanol–water partition coefficient (Wildman–Crippen LogP) is 4.62. The Morgan fingerprint density at radius 2 is 1.51 bits per heavy atom. The lowest BCUT2D eigenvalue weighted by atomic mass is 9.84. The Labute approximate surface area is 348 Å². The second-order valence-corrected chi connectivity index (χ2v) is 18.0. The fourth-order valence-electron chi connectivity index (χ4n) is 7.44. The van der Waals surface area contributed by atoms with Crippen LogP contribution in [0.25, 0.3) is 0 Å². The van der Waals surface area contributed by atoms with Gasteiger partial charge in [-0.3, -0.25) is 24.9 Å². The third-order valence-corrected chi connectivity index (χ3v) is 10.4. The summed E-state index contributed by atoms with van der Waals surface area (Å²) in [6.45, 7) is 15.1. The average molecular weight is 818 g/mol. The first-order valence-corrected chi connectivity index (χ1v) is 19.9. The molecule has 15 nitrogen and oxygen atoms in total. The van der Waals surface area contributed by atoms with E-state index in [2.05, 4.69) is 15.7 Å². The van der Waals surface area contributed by atoms with E-state index < -0.39 is 58.6 Å². The highest BCUT2D eigenvalue weighted by atomic mass is 16.5. The monoisotopic (exact) mass is 817 g/mol. The molecule has 322 valence electrons. The van der Waals surface area contributed by atoms with Gasteiger partial charge < -0.3 is 35.2 Å². The van der Waals surface area contributed by atoms with Crippen LogP contribution in [-0.4, -0.2) is 122 Å². The zero-order valence-electron chi connectivity index (χ0n) is 36.1. The van der Waals surface area contributed by atoms with E-state index in [4.69, 9.17) is 4.74 Å². The maximum atomic E-state index is 14.6. The van der Waals surface area contributed by atoms with Crippen molar-refractivity contribution in [1.82, 2.24) is 35.4 Å². The Bertz CT molecular complexity index is 1890.